The highest BCUT2D eigenvalue weighted by molar-refractivity contribution is 8.12. The molecule has 0 saturated carbocycles. The predicted octanol–water partition coefficient (Wildman–Crippen LogP) is 1.79. The van der Waals surface area contributed by atoms with Gasteiger partial charge in [-0.05, 0) is 6.42 Å². The van der Waals surface area contributed by atoms with Crippen molar-refractivity contribution in [3.63, 3.8) is 0 Å². The normalized spacial score (nSPS) is 13.0. The third-order valence-corrected chi connectivity index (χ3v) is 2.36. The first-order chi connectivity index (χ1) is 4.31. The molecule has 0 amide bonds. The van der Waals surface area contributed by atoms with Gasteiger partial charge in [-0.15, -0.1) is 17.2 Å². The summed E-state index contributed by atoms with van der Waals surface area (Å²) in [5, 5.41) is 0. The Labute approximate surface area is 60.2 Å². The Balaban J connectivity index is 3.16. The SMILES string of the molecule is C=CCNS(=C)CCC. The summed E-state index contributed by atoms with van der Waals surface area (Å²) in [4.78, 5) is 0. The Morgan fingerprint density at radius 1 is 1.67 bits per heavy atom. The van der Waals surface area contributed by atoms with E-state index in [1.54, 1.807) is 0 Å². The predicted molar refractivity (Wildman–Crippen MR) is 48.1 cm³/mol. The molecule has 0 aromatic rings. The Morgan fingerprint density at radius 3 is 2.78 bits per heavy atom. The van der Waals surface area contributed by atoms with E-state index in [-0.39, 0.29) is 10.7 Å². The molecule has 0 aromatic carbocycles. The molecule has 54 valence electrons. The van der Waals surface area contributed by atoms with Crippen LogP contribution in [0.1, 0.15) is 13.3 Å². The fraction of sp³-hybridized carbons (Fsp3) is 0.571. The molecule has 0 saturated heterocycles. The van der Waals surface area contributed by atoms with Crippen LogP contribution in [0, 0.1) is 0 Å². The molecule has 9 heavy (non-hydrogen) atoms. The van der Waals surface area contributed by atoms with Gasteiger partial charge in [0.15, 0.2) is 0 Å². The molecule has 0 radical (unpaired) electrons. The van der Waals surface area contributed by atoms with Crippen LogP contribution >= 0.6 is 10.7 Å². The van der Waals surface area contributed by atoms with Gasteiger partial charge in [-0.2, -0.15) is 0 Å². The average Bonchev–Trinajstić information content (AvgIpc) is 1.85. The second-order valence-electron chi connectivity index (χ2n) is 1.83. The minimum Gasteiger partial charge on any atom is -0.266 e. The lowest BCUT2D eigenvalue weighted by Crippen LogP contribution is -2.06. The summed E-state index contributed by atoms with van der Waals surface area (Å²) in [6.07, 6.45) is 3.07. The Bertz CT molecular complexity index is 99.1. The minimum absolute atomic E-state index is 0.159. The van der Waals surface area contributed by atoms with E-state index >= 15 is 0 Å². The Hall–Kier alpha value is -0.0800. The molecular weight excluding hydrogens is 130 g/mol. The van der Waals surface area contributed by atoms with E-state index in [2.05, 4.69) is 24.1 Å². The lowest BCUT2D eigenvalue weighted by atomic mass is 10.6. The summed E-state index contributed by atoms with van der Waals surface area (Å²) >= 11 is 0. The topological polar surface area (TPSA) is 12.0 Å². The van der Waals surface area contributed by atoms with E-state index in [1.807, 2.05) is 6.08 Å². The van der Waals surface area contributed by atoms with Gasteiger partial charge < -0.3 is 0 Å². The molecule has 0 aromatic heterocycles. The molecule has 0 aliphatic heterocycles. The highest BCUT2D eigenvalue weighted by atomic mass is 32.2. The molecule has 0 aliphatic carbocycles. The molecule has 1 atom stereocenters. The number of hydrogen-bond donors (Lipinski definition) is 1. The average molecular weight is 145 g/mol. The van der Waals surface area contributed by atoms with E-state index in [0.29, 0.717) is 0 Å². The van der Waals surface area contributed by atoms with Crippen LogP contribution in [-0.2, 0) is 0 Å². The van der Waals surface area contributed by atoms with Crippen LogP contribution in [0.4, 0.5) is 0 Å². The van der Waals surface area contributed by atoms with Crippen LogP contribution < -0.4 is 4.72 Å². The molecule has 0 fully saturated rings. The van der Waals surface area contributed by atoms with Crippen LogP contribution in [0.2, 0.25) is 0 Å². The van der Waals surface area contributed by atoms with Crippen LogP contribution in [0.25, 0.3) is 0 Å². The van der Waals surface area contributed by atoms with E-state index < -0.39 is 0 Å². The quantitative estimate of drug-likeness (QED) is 0.459. The molecule has 1 nitrogen and oxygen atoms in total. The third-order valence-electron chi connectivity index (χ3n) is 0.882. The Kier molecular flexibility index (Phi) is 5.99. The van der Waals surface area contributed by atoms with E-state index in [4.69, 9.17) is 0 Å². The highest BCUT2D eigenvalue weighted by Crippen LogP contribution is 2.02. The summed E-state index contributed by atoms with van der Waals surface area (Å²) in [6, 6.07) is 0. The van der Waals surface area contributed by atoms with Gasteiger partial charge in [0.2, 0.25) is 0 Å². The lowest BCUT2D eigenvalue weighted by Gasteiger charge is -2.03. The molecule has 2 heteroatoms. The third kappa shape index (κ3) is 5.80. The first-order valence-corrected chi connectivity index (χ1v) is 4.72. The van der Waals surface area contributed by atoms with Crippen molar-refractivity contribution in [1.29, 1.82) is 0 Å². The summed E-state index contributed by atoms with van der Waals surface area (Å²) in [5.41, 5.74) is 0. The molecule has 1 unspecified atom stereocenters. The number of hydrogen-bond acceptors (Lipinski definition) is 1. The molecule has 0 rings (SSSR count). The standard InChI is InChI=1S/C7H15NS/c1-4-6-8-9(3)7-5-2/h4,8H,1,3,5-7H2,2H3. The molecule has 0 aliphatic rings. The zero-order valence-electron chi connectivity index (χ0n) is 6.02. The summed E-state index contributed by atoms with van der Waals surface area (Å²) in [7, 11) is 0.159. The van der Waals surface area contributed by atoms with Crippen molar-refractivity contribution in [3.8, 4) is 0 Å². The first-order valence-electron chi connectivity index (χ1n) is 3.16. The lowest BCUT2D eigenvalue weighted by molar-refractivity contribution is 1.07. The first kappa shape index (κ1) is 8.92. The van der Waals surface area contributed by atoms with Gasteiger partial charge in [-0.25, -0.2) is 0 Å². The minimum atomic E-state index is 0.159. The van der Waals surface area contributed by atoms with Gasteiger partial charge in [0, 0.05) is 12.3 Å². The van der Waals surface area contributed by atoms with Crippen molar-refractivity contribution in [2.75, 3.05) is 12.3 Å². The molecular formula is C7H15NS. The zero-order valence-corrected chi connectivity index (χ0v) is 6.84. The monoisotopic (exact) mass is 145 g/mol. The van der Waals surface area contributed by atoms with Gasteiger partial charge in [0.1, 0.15) is 0 Å². The molecule has 0 spiro atoms. The van der Waals surface area contributed by atoms with Crippen LogP contribution in [0.3, 0.4) is 0 Å². The van der Waals surface area contributed by atoms with Crippen molar-refractivity contribution in [3.05, 3.63) is 12.7 Å². The van der Waals surface area contributed by atoms with Crippen LogP contribution in [-0.4, -0.2) is 18.2 Å². The fourth-order valence-corrected chi connectivity index (χ4v) is 1.49. The van der Waals surface area contributed by atoms with Crippen LogP contribution in [0.5, 0.6) is 0 Å². The van der Waals surface area contributed by atoms with Gasteiger partial charge in [0.25, 0.3) is 0 Å². The van der Waals surface area contributed by atoms with Crippen molar-refractivity contribution in [2.24, 2.45) is 0 Å². The molecule has 0 heterocycles. The summed E-state index contributed by atoms with van der Waals surface area (Å²) in [6.45, 7) is 6.66. The maximum atomic E-state index is 3.93. The van der Waals surface area contributed by atoms with Gasteiger partial charge in [0.05, 0.1) is 0 Å². The largest absolute Gasteiger partial charge is 0.266 e. The van der Waals surface area contributed by atoms with Crippen LogP contribution in [0.15, 0.2) is 12.7 Å². The maximum Gasteiger partial charge on any atom is 0.0232 e. The molecule has 1 N–H and O–H groups in total. The summed E-state index contributed by atoms with van der Waals surface area (Å²) in [5.74, 6) is 5.11. The second kappa shape index (κ2) is 6.05. The molecule has 0 bridgehead atoms. The zero-order chi connectivity index (χ0) is 7.11. The summed E-state index contributed by atoms with van der Waals surface area (Å²) < 4.78 is 3.23. The van der Waals surface area contributed by atoms with Crippen molar-refractivity contribution in [2.45, 2.75) is 13.3 Å². The number of nitrogens with one attached hydrogen (secondary N) is 1. The van der Waals surface area contributed by atoms with Gasteiger partial charge in [-0.1, -0.05) is 18.9 Å². The highest BCUT2D eigenvalue weighted by Gasteiger charge is 1.84. The maximum absolute atomic E-state index is 3.93. The van der Waals surface area contributed by atoms with E-state index in [1.165, 1.54) is 12.2 Å². The Morgan fingerprint density at radius 2 is 2.33 bits per heavy atom. The second-order valence-corrected chi connectivity index (χ2v) is 3.52. The smallest absolute Gasteiger partial charge is 0.0232 e. The number of rotatable bonds is 5. The van der Waals surface area contributed by atoms with Crippen molar-refractivity contribution < 1.29 is 0 Å². The van der Waals surface area contributed by atoms with Crippen molar-refractivity contribution in [1.82, 2.24) is 4.72 Å². The van der Waals surface area contributed by atoms with E-state index in [9.17, 15) is 0 Å². The van der Waals surface area contributed by atoms with Gasteiger partial charge >= 0.3 is 0 Å². The van der Waals surface area contributed by atoms with Crippen molar-refractivity contribution >= 4 is 16.5 Å². The fourth-order valence-electron chi connectivity index (χ4n) is 0.495. The van der Waals surface area contributed by atoms with Gasteiger partial charge in [-0.3, -0.25) is 4.72 Å². The van der Waals surface area contributed by atoms with E-state index in [0.717, 1.165) is 6.54 Å².